The van der Waals surface area contributed by atoms with Crippen LogP contribution in [0.25, 0.3) is 6.08 Å². The van der Waals surface area contributed by atoms with Gasteiger partial charge in [0.25, 0.3) is 0 Å². The van der Waals surface area contributed by atoms with Gasteiger partial charge in [0.1, 0.15) is 0 Å². The molecule has 156 valence electrons. The third-order valence-electron chi connectivity index (χ3n) is 4.51. The fourth-order valence-corrected chi connectivity index (χ4v) is 4.29. The van der Waals surface area contributed by atoms with E-state index < -0.39 is 15.6 Å². The first kappa shape index (κ1) is 22.4. The summed E-state index contributed by atoms with van der Waals surface area (Å²) in [7, 11) is -1.50. The largest absolute Gasteiger partial charge is 0.354 e. The highest BCUT2D eigenvalue weighted by atomic mass is 32.2. The SMILES string of the molecule is CN=C(NCC(C)(C)NS(C)(=O)=O)N1CCN(C/C=C/c2ccccc2)CC1. The number of aliphatic imine (C=N–C) groups is 1. The molecule has 0 saturated carbocycles. The van der Waals surface area contributed by atoms with Gasteiger partial charge in [-0.3, -0.25) is 9.89 Å². The average molecular weight is 408 g/mol. The van der Waals surface area contributed by atoms with Crippen LogP contribution >= 0.6 is 0 Å². The number of hydrogen-bond acceptors (Lipinski definition) is 4. The van der Waals surface area contributed by atoms with Gasteiger partial charge in [-0.1, -0.05) is 42.5 Å². The summed E-state index contributed by atoms with van der Waals surface area (Å²) in [5, 5.41) is 3.30. The molecule has 1 fully saturated rings. The normalized spacial score (nSPS) is 17.3. The highest BCUT2D eigenvalue weighted by Gasteiger charge is 2.24. The number of sulfonamides is 1. The Bertz CT molecular complexity index is 767. The molecule has 2 N–H and O–H groups in total. The van der Waals surface area contributed by atoms with Crippen LogP contribution in [-0.4, -0.2) is 82.3 Å². The Hall–Kier alpha value is -1.90. The summed E-state index contributed by atoms with van der Waals surface area (Å²) in [6, 6.07) is 10.3. The lowest BCUT2D eigenvalue weighted by Crippen LogP contribution is -2.56. The molecular formula is C20H33N5O2S. The van der Waals surface area contributed by atoms with Gasteiger partial charge in [-0.15, -0.1) is 0 Å². The summed E-state index contributed by atoms with van der Waals surface area (Å²) < 4.78 is 25.6. The van der Waals surface area contributed by atoms with E-state index >= 15 is 0 Å². The van der Waals surface area contributed by atoms with E-state index in [4.69, 9.17) is 0 Å². The molecule has 0 atom stereocenters. The van der Waals surface area contributed by atoms with E-state index in [0.717, 1.165) is 38.7 Å². The van der Waals surface area contributed by atoms with Crippen LogP contribution in [-0.2, 0) is 10.0 Å². The van der Waals surface area contributed by atoms with Crippen molar-refractivity contribution in [2.45, 2.75) is 19.4 Å². The first-order valence-electron chi connectivity index (χ1n) is 9.57. The van der Waals surface area contributed by atoms with Gasteiger partial charge in [-0.25, -0.2) is 13.1 Å². The van der Waals surface area contributed by atoms with Gasteiger partial charge in [0.05, 0.1) is 6.26 Å². The maximum absolute atomic E-state index is 11.5. The van der Waals surface area contributed by atoms with E-state index in [2.05, 4.69) is 49.1 Å². The summed E-state index contributed by atoms with van der Waals surface area (Å²) >= 11 is 0. The van der Waals surface area contributed by atoms with E-state index in [1.54, 1.807) is 7.05 Å². The van der Waals surface area contributed by atoms with Gasteiger partial charge in [0, 0.05) is 51.9 Å². The Morgan fingerprint density at radius 1 is 1.18 bits per heavy atom. The van der Waals surface area contributed by atoms with Crippen molar-refractivity contribution < 1.29 is 8.42 Å². The second-order valence-corrected chi connectivity index (χ2v) is 9.51. The molecule has 0 aromatic heterocycles. The predicted molar refractivity (Wildman–Crippen MR) is 117 cm³/mol. The Kier molecular flexibility index (Phi) is 8.03. The maximum atomic E-state index is 11.5. The van der Waals surface area contributed by atoms with E-state index in [-0.39, 0.29) is 0 Å². The average Bonchev–Trinajstić information content (AvgIpc) is 2.62. The van der Waals surface area contributed by atoms with Gasteiger partial charge in [-0.05, 0) is 19.4 Å². The van der Waals surface area contributed by atoms with Gasteiger partial charge in [0.2, 0.25) is 10.0 Å². The summed E-state index contributed by atoms with van der Waals surface area (Å²) in [4.78, 5) is 8.99. The first-order valence-corrected chi connectivity index (χ1v) is 11.5. The van der Waals surface area contributed by atoms with Crippen LogP contribution in [0.1, 0.15) is 19.4 Å². The third kappa shape index (κ3) is 8.00. The van der Waals surface area contributed by atoms with E-state index in [0.29, 0.717) is 6.54 Å². The maximum Gasteiger partial charge on any atom is 0.209 e. The number of nitrogens with one attached hydrogen (secondary N) is 2. The molecule has 0 radical (unpaired) electrons. The zero-order valence-corrected chi connectivity index (χ0v) is 18.2. The molecule has 1 aliphatic rings. The van der Waals surface area contributed by atoms with Crippen molar-refractivity contribution >= 4 is 22.1 Å². The van der Waals surface area contributed by atoms with Crippen molar-refractivity contribution in [3.05, 3.63) is 42.0 Å². The van der Waals surface area contributed by atoms with Crippen LogP contribution in [0.4, 0.5) is 0 Å². The third-order valence-corrected chi connectivity index (χ3v) is 5.43. The summed E-state index contributed by atoms with van der Waals surface area (Å²) in [5.74, 6) is 0.808. The molecule has 0 aliphatic carbocycles. The molecule has 1 aromatic rings. The number of nitrogens with zero attached hydrogens (tertiary/aromatic N) is 3. The van der Waals surface area contributed by atoms with Crippen molar-refractivity contribution in [1.29, 1.82) is 0 Å². The van der Waals surface area contributed by atoms with Crippen LogP contribution in [0.5, 0.6) is 0 Å². The molecule has 2 rings (SSSR count). The number of benzene rings is 1. The van der Waals surface area contributed by atoms with Gasteiger partial charge in [-0.2, -0.15) is 0 Å². The Morgan fingerprint density at radius 2 is 1.82 bits per heavy atom. The van der Waals surface area contributed by atoms with Crippen LogP contribution < -0.4 is 10.0 Å². The van der Waals surface area contributed by atoms with Crippen LogP contribution in [0.15, 0.2) is 41.4 Å². The molecule has 0 unspecified atom stereocenters. The molecule has 1 heterocycles. The van der Waals surface area contributed by atoms with Crippen LogP contribution in [0.2, 0.25) is 0 Å². The summed E-state index contributed by atoms with van der Waals surface area (Å²) in [6.45, 7) is 8.80. The standard InChI is InChI=1S/C20H33N5O2S/c1-20(2,23-28(4,26)27)17-22-19(21-3)25-15-13-24(14-16-25)12-8-11-18-9-6-5-7-10-18/h5-11,23H,12-17H2,1-4H3,(H,21,22)/b11-8+. The van der Waals surface area contributed by atoms with E-state index in [1.807, 2.05) is 32.0 Å². The minimum atomic E-state index is -3.25. The molecule has 8 heteroatoms. The van der Waals surface area contributed by atoms with Crippen LogP contribution in [0.3, 0.4) is 0 Å². The fourth-order valence-electron chi connectivity index (χ4n) is 3.21. The zero-order valence-electron chi connectivity index (χ0n) is 17.4. The molecular weight excluding hydrogens is 374 g/mol. The first-order chi connectivity index (χ1) is 13.2. The lowest BCUT2D eigenvalue weighted by atomic mass is 10.1. The lowest BCUT2D eigenvalue weighted by molar-refractivity contribution is 0.194. The summed E-state index contributed by atoms with van der Waals surface area (Å²) in [6.07, 6.45) is 5.54. The molecule has 7 nitrogen and oxygen atoms in total. The van der Waals surface area contributed by atoms with E-state index in [1.165, 1.54) is 11.8 Å². The van der Waals surface area contributed by atoms with Gasteiger partial charge < -0.3 is 10.2 Å². The second-order valence-electron chi connectivity index (χ2n) is 7.76. The Balaban J connectivity index is 1.78. The van der Waals surface area contributed by atoms with Crippen molar-refractivity contribution in [1.82, 2.24) is 19.8 Å². The topological polar surface area (TPSA) is 77.0 Å². The molecule has 28 heavy (non-hydrogen) atoms. The molecule has 1 saturated heterocycles. The second kappa shape index (κ2) is 10.0. The van der Waals surface area contributed by atoms with Gasteiger partial charge in [0.15, 0.2) is 5.96 Å². The number of hydrogen-bond donors (Lipinski definition) is 2. The van der Waals surface area contributed by atoms with Crippen LogP contribution in [0, 0.1) is 0 Å². The highest BCUT2D eigenvalue weighted by Crippen LogP contribution is 2.06. The molecule has 0 bridgehead atoms. The van der Waals surface area contributed by atoms with Crippen molar-refractivity contribution in [2.24, 2.45) is 4.99 Å². The van der Waals surface area contributed by atoms with Crippen molar-refractivity contribution in [3.8, 4) is 0 Å². The predicted octanol–water partition coefficient (Wildman–Crippen LogP) is 1.22. The zero-order chi connectivity index (χ0) is 20.6. The minimum absolute atomic E-state index is 0.465. The molecule has 1 aromatic carbocycles. The molecule has 0 amide bonds. The number of guanidine groups is 1. The lowest BCUT2D eigenvalue weighted by Gasteiger charge is -2.37. The monoisotopic (exact) mass is 407 g/mol. The number of piperazine rings is 1. The smallest absolute Gasteiger partial charge is 0.209 e. The fraction of sp³-hybridized carbons (Fsp3) is 0.550. The van der Waals surface area contributed by atoms with E-state index in [9.17, 15) is 8.42 Å². The van der Waals surface area contributed by atoms with Gasteiger partial charge >= 0.3 is 0 Å². The minimum Gasteiger partial charge on any atom is -0.354 e. The highest BCUT2D eigenvalue weighted by molar-refractivity contribution is 7.88. The molecule has 1 aliphatic heterocycles. The molecule has 0 spiro atoms. The Labute approximate surface area is 169 Å². The quantitative estimate of drug-likeness (QED) is 0.525. The van der Waals surface area contributed by atoms with Crippen molar-refractivity contribution in [3.63, 3.8) is 0 Å². The summed E-state index contributed by atoms with van der Waals surface area (Å²) in [5.41, 5.74) is 0.629. The number of rotatable bonds is 7. The van der Waals surface area contributed by atoms with Crippen molar-refractivity contribution in [2.75, 3.05) is 52.6 Å². The Morgan fingerprint density at radius 3 is 2.39 bits per heavy atom.